The van der Waals surface area contributed by atoms with Gasteiger partial charge in [0.05, 0.1) is 0 Å². The third-order valence-corrected chi connectivity index (χ3v) is 4.09. The third-order valence-electron chi connectivity index (χ3n) is 3.70. The van der Waals surface area contributed by atoms with Crippen LogP contribution in [-0.2, 0) is 11.8 Å². The van der Waals surface area contributed by atoms with Crippen LogP contribution in [0.4, 0.5) is 4.79 Å². The van der Waals surface area contributed by atoms with Gasteiger partial charge in [0, 0.05) is 19.0 Å². The summed E-state index contributed by atoms with van der Waals surface area (Å²) in [5, 5.41) is 11.8. The Morgan fingerprint density at radius 2 is 1.90 bits per heavy atom. The first-order valence-electron chi connectivity index (χ1n) is 7.34. The molecule has 1 saturated carbocycles. The molecule has 0 atom stereocenters. The van der Waals surface area contributed by atoms with Crippen molar-refractivity contribution in [3.8, 4) is 0 Å². The Labute approximate surface area is 131 Å². The van der Waals surface area contributed by atoms with Gasteiger partial charge in [-0.3, -0.25) is 0 Å². The van der Waals surface area contributed by atoms with Crippen molar-refractivity contribution in [3.63, 3.8) is 0 Å². The molecule has 1 fully saturated rings. The van der Waals surface area contributed by atoms with Gasteiger partial charge in [-0.2, -0.15) is 0 Å². The molecule has 1 aromatic rings. The maximum Gasteiger partial charge on any atom is 0.407 e. The zero-order valence-corrected chi connectivity index (χ0v) is 14.0. The fourth-order valence-electron chi connectivity index (χ4n) is 2.66. The van der Waals surface area contributed by atoms with Crippen LogP contribution in [0.5, 0.6) is 0 Å². The molecule has 0 unspecified atom stereocenters. The van der Waals surface area contributed by atoms with Crippen molar-refractivity contribution in [1.82, 2.24) is 20.1 Å². The smallest absolute Gasteiger partial charge is 0.407 e. The van der Waals surface area contributed by atoms with Crippen LogP contribution in [0.3, 0.4) is 0 Å². The van der Waals surface area contributed by atoms with E-state index in [2.05, 4.69) is 28.1 Å². The third kappa shape index (κ3) is 4.36. The van der Waals surface area contributed by atoms with Gasteiger partial charge in [-0.15, -0.1) is 22.8 Å². The molecule has 1 aliphatic carbocycles. The number of amides is 1. The summed E-state index contributed by atoms with van der Waals surface area (Å²) in [6.45, 7) is 5.60. The van der Waals surface area contributed by atoms with E-state index in [0.717, 1.165) is 31.5 Å². The van der Waals surface area contributed by atoms with Crippen LogP contribution in [-0.4, -0.2) is 32.5 Å². The largest absolute Gasteiger partial charge is 0.444 e. The normalized spacial score (nSPS) is 22.9. The first kappa shape index (κ1) is 16.1. The van der Waals surface area contributed by atoms with E-state index in [1.165, 1.54) is 0 Å². The minimum absolute atomic E-state index is 0.180. The van der Waals surface area contributed by atoms with E-state index in [9.17, 15) is 4.79 Å². The number of aromatic nitrogens is 3. The number of nitrogens with one attached hydrogen (secondary N) is 1. The zero-order valence-electron chi connectivity index (χ0n) is 13.1. The number of hydrogen-bond acceptors (Lipinski definition) is 5. The molecule has 118 valence electrons. The van der Waals surface area contributed by atoms with E-state index < -0.39 is 5.60 Å². The van der Waals surface area contributed by atoms with Crippen molar-refractivity contribution in [3.05, 3.63) is 5.82 Å². The highest BCUT2D eigenvalue weighted by atomic mass is 32.1. The van der Waals surface area contributed by atoms with Crippen LogP contribution in [0.2, 0.25) is 0 Å². The zero-order chi connectivity index (χ0) is 15.6. The maximum atomic E-state index is 11.8. The molecular weight excluding hydrogens is 288 g/mol. The summed E-state index contributed by atoms with van der Waals surface area (Å²) in [6, 6.07) is 0.180. The van der Waals surface area contributed by atoms with Gasteiger partial charge < -0.3 is 14.6 Å². The van der Waals surface area contributed by atoms with E-state index >= 15 is 0 Å². The number of nitrogens with zero attached hydrogens (tertiary/aromatic N) is 3. The first-order chi connectivity index (χ1) is 9.76. The van der Waals surface area contributed by atoms with Gasteiger partial charge in [0.1, 0.15) is 11.4 Å². The summed E-state index contributed by atoms with van der Waals surface area (Å²) < 4.78 is 7.21. The molecule has 0 aliphatic heterocycles. The number of thiol groups is 1. The number of rotatable bonds is 2. The molecule has 1 N–H and O–H groups in total. The van der Waals surface area contributed by atoms with Crippen LogP contribution >= 0.6 is 12.6 Å². The highest BCUT2D eigenvalue weighted by Gasteiger charge is 2.28. The summed E-state index contributed by atoms with van der Waals surface area (Å²) in [5.74, 6) is 1.37. The van der Waals surface area contributed by atoms with E-state index in [1.54, 1.807) is 0 Å². The molecule has 1 aliphatic rings. The number of carbonyl (C=O) groups excluding carboxylic acids is 1. The lowest BCUT2D eigenvalue weighted by atomic mass is 9.85. The minimum atomic E-state index is -0.455. The molecule has 2 rings (SSSR count). The molecule has 6 nitrogen and oxygen atoms in total. The highest BCUT2D eigenvalue weighted by molar-refractivity contribution is 7.80. The Balaban J connectivity index is 1.83. The number of alkyl carbamates (subject to hydrolysis) is 1. The predicted octanol–water partition coefficient (Wildman–Crippen LogP) is 2.65. The summed E-state index contributed by atoms with van der Waals surface area (Å²) in [7, 11) is 1.93. The van der Waals surface area contributed by atoms with Crippen molar-refractivity contribution in [2.24, 2.45) is 7.05 Å². The Morgan fingerprint density at radius 3 is 2.38 bits per heavy atom. The van der Waals surface area contributed by atoms with Gasteiger partial charge in [-0.25, -0.2) is 4.79 Å². The van der Waals surface area contributed by atoms with Crippen LogP contribution in [0.15, 0.2) is 5.16 Å². The average molecular weight is 312 g/mol. The number of carbonyl (C=O) groups is 1. The van der Waals surface area contributed by atoms with Gasteiger partial charge in [0.2, 0.25) is 0 Å². The van der Waals surface area contributed by atoms with E-state index in [4.69, 9.17) is 4.74 Å². The monoisotopic (exact) mass is 312 g/mol. The SMILES string of the molecule is Cn1c(S)nnc1C1CCC(NC(=O)OC(C)(C)C)CC1. The van der Waals surface area contributed by atoms with Crippen LogP contribution in [0, 0.1) is 0 Å². The van der Waals surface area contributed by atoms with E-state index in [0.29, 0.717) is 11.1 Å². The van der Waals surface area contributed by atoms with Crippen molar-refractivity contribution in [2.45, 2.75) is 69.2 Å². The molecule has 7 heteroatoms. The molecule has 1 heterocycles. The lowest BCUT2D eigenvalue weighted by Crippen LogP contribution is -2.40. The van der Waals surface area contributed by atoms with Crippen LogP contribution in [0.25, 0.3) is 0 Å². The van der Waals surface area contributed by atoms with Crippen LogP contribution < -0.4 is 5.32 Å². The molecule has 0 bridgehead atoms. The highest BCUT2D eigenvalue weighted by Crippen LogP contribution is 2.32. The van der Waals surface area contributed by atoms with Gasteiger partial charge in [0.25, 0.3) is 0 Å². The summed E-state index contributed by atoms with van der Waals surface area (Å²) in [6.07, 6.45) is 3.50. The minimum Gasteiger partial charge on any atom is -0.444 e. The molecular formula is C14H24N4O2S. The Morgan fingerprint density at radius 1 is 1.29 bits per heavy atom. The molecule has 0 saturated heterocycles. The second-order valence-corrected chi connectivity index (χ2v) is 7.01. The topological polar surface area (TPSA) is 69.0 Å². The molecule has 0 radical (unpaired) electrons. The fourth-order valence-corrected chi connectivity index (χ4v) is 2.81. The molecule has 0 spiro atoms. The van der Waals surface area contributed by atoms with Gasteiger partial charge in [-0.1, -0.05) is 0 Å². The Bertz CT molecular complexity index is 502. The number of hydrogen-bond donors (Lipinski definition) is 2. The molecule has 1 aromatic heterocycles. The molecule has 21 heavy (non-hydrogen) atoms. The lowest BCUT2D eigenvalue weighted by Gasteiger charge is -2.29. The summed E-state index contributed by atoms with van der Waals surface area (Å²) in [5.41, 5.74) is -0.455. The van der Waals surface area contributed by atoms with Gasteiger partial charge in [-0.05, 0) is 46.5 Å². The van der Waals surface area contributed by atoms with Crippen molar-refractivity contribution >= 4 is 18.7 Å². The van der Waals surface area contributed by atoms with Crippen molar-refractivity contribution in [1.29, 1.82) is 0 Å². The predicted molar refractivity (Wildman–Crippen MR) is 82.6 cm³/mol. The second-order valence-electron chi connectivity index (χ2n) is 6.61. The summed E-state index contributed by atoms with van der Waals surface area (Å²) in [4.78, 5) is 11.8. The first-order valence-corrected chi connectivity index (χ1v) is 7.79. The molecule has 0 aromatic carbocycles. The van der Waals surface area contributed by atoms with Crippen LogP contribution in [0.1, 0.15) is 58.2 Å². The van der Waals surface area contributed by atoms with Crippen molar-refractivity contribution in [2.75, 3.05) is 0 Å². The Kier molecular flexibility index (Phi) is 4.81. The van der Waals surface area contributed by atoms with E-state index in [1.807, 2.05) is 32.4 Å². The Hall–Kier alpha value is -1.24. The molecule has 1 amide bonds. The quantitative estimate of drug-likeness (QED) is 0.824. The average Bonchev–Trinajstić information content (AvgIpc) is 2.69. The fraction of sp³-hybridized carbons (Fsp3) is 0.786. The lowest BCUT2D eigenvalue weighted by molar-refractivity contribution is 0.0491. The van der Waals surface area contributed by atoms with Gasteiger partial charge >= 0.3 is 6.09 Å². The second kappa shape index (κ2) is 6.25. The van der Waals surface area contributed by atoms with Crippen molar-refractivity contribution < 1.29 is 9.53 Å². The van der Waals surface area contributed by atoms with E-state index in [-0.39, 0.29) is 12.1 Å². The maximum absolute atomic E-state index is 11.8. The number of ether oxygens (including phenoxy) is 1. The summed E-state index contributed by atoms with van der Waals surface area (Å²) >= 11 is 4.26. The van der Waals surface area contributed by atoms with Gasteiger partial charge in [0.15, 0.2) is 5.16 Å². The standard InChI is InChI=1S/C14H24N4O2S/c1-14(2,3)20-13(19)15-10-7-5-9(6-8-10)11-16-17-12(21)18(11)4/h9-10H,5-8H2,1-4H3,(H,15,19)(H,17,21).